The molecule has 6 heteroatoms. The Balaban J connectivity index is 2.01. The highest BCUT2D eigenvalue weighted by molar-refractivity contribution is 7.27. The number of nitrogens with zero attached hydrogens (tertiary/aromatic N) is 1. The second-order valence-corrected chi connectivity index (χ2v) is 8.75. The molecule has 0 saturated carbocycles. The van der Waals surface area contributed by atoms with Crippen LogP contribution in [0.5, 0.6) is 0 Å². The Morgan fingerprint density at radius 1 is 1.13 bits per heavy atom. The Kier molecular flexibility index (Phi) is 5.88. The van der Waals surface area contributed by atoms with E-state index in [9.17, 15) is 4.79 Å². The molecule has 1 aliphatic heterocycles. The van der Waals surface area contributed by atoms with Gasteiger partial charge in [-0.15, -0.1) is 15.8 Å². The summed E-state index contributed by atoms with van der Waals surface area (Å²) in [5, 5.41) is 4.95. The van der Waals surface area contributed by atoms with Crippen molar-refractivity contribution in [3.63, 3.8) is 0 Å². The van der Waals surface area contributed by atoms with E-state index >= 15 is 0 Å². The van der Waals surface area contributed by atoms with Gasteiger partial charge in [0.15, 0.2) is 0 Å². The van der Waals surface area contributed by atoms with Gasteiger partial charge in [0.1, 0.15) is 0 Å². The van der Waals surface area contributed by atoms with Crippen LogP contribution in [0.4, 0.5) is 16.2 Å². The number of nitrogens with one attached hydrogen (secondary N) is 1. The number of carbonyl (C=O) groups excluding carboxylic acids is 1. The third-order valence-corrected chi connectivity index (χ3v) is 6.20. The van der Waals surface area contributed by atoms with Crippen LogP contribution in [0.3, 0.4) is 0 Å². The Morgan fingerprint density at radius 2 is 1.87 bits per heavy atom. The molecule has 0 fully saturated rings. The molecule has 0 saturated heterocycles. The molecule has 30 heavy (non-hydrogen) atoms. The summed E-state index contributed by atoms with van der Waals surface area (Å²) in [5.41, 5.74) is 6.74. The number of hydrogen-bond donors (Lipinski definition) is 1. The van der Waals surface area contributed by atoms with Crippen molar-refractivity contribution >= 4 is 55.2 Å². The van der Waals surface area contributed by atoms with E-state index in [1.807, 2.05) is 12.1 Å². The molecule has 1 aliphatic rings. The second kappa shape index (κ2) is 8.43. The monoisotopic (exact) mass is 454 g/mol. The number of benzene rings is 3. The number of aryl methyl sites for hydroxylation is 1. The molecule has 3 aromatic carbocycles. The summed E-state index contributed by atoms with van der Waals surface area (Å²) in [6.07, 6.45) is 2.55. The summed E-state index contributed by atoms with van der Waals surface area (Å²) in [5.74, 6) is 0. The lowest BCUT2D eigenvalue weighted by molar-refractivity contribution is 0.247. The number of halogens is 2. The minimum absolute atomic E-state index is 0.253. The maximum atomic E-state index is 13.0. The largest absolute Gasteiger partial charge is 0.333 e. The Morgan fingerprint density at radius 3 is 2.53 bits per heavy atom. The third kappa shape index (κ3) is 3.74. The maximum Gasteiger partial charge on any atom is 0.326 e. The summed E-state index contributed by atoms with van der Waals surface area (Å²) in [4.78, 5) is 14.5. The lowest BCUT2D eigenvalue weighted by Crippen LogP contribution is -2.41. The average molecular weight is 455 g/mol. The topological polar surface area (TPSA) is 32.3 Å². The molecule has 0 radical (unpaired) electrons. The normalized spacial score (nSPS) is 13.1. The van der Waals surface area contributed by atoms with Crippen LogP contribution in [0.25, 0.3) is 11.1 Å². The predicted molar refractivity (Wildman–Crippen MR) is 131 cm³/mol. The van der Waals surface area contributed by atoms with Crippen molar-refractivity contribution in [1.29, 1.82) is 0 Å². The van der Waals surface area contributed by atoms with Crippen molar-refractivity contribution in [3.05, 3.63) is 87.9 Å². The van der Waals surface area contributed by atoms with Crippen LogP contribution in [-0.2, 0) is 13.0 Å². The highest BCUT2D eigenvalue weighted by atomic mass is 35.5. The molecule has 1 heterocycles. The van der Waals surface area contributed by atoms with Crippen LogP contribution in [0, 0.1) is 6.92 Å². The zero-order valence-electron chi connectivity index (χ0n) is 16.5. The first-order valence-electron chi connectivity index (χ1n) is 9.56. The van der Waals surface area contributed by atoms with Crippen LogP contribution in [0.1, 0.15) is 16.7 Å². The molecule has 3 nitrogen and oxygen atoms in total. The summed E-state index contributed by atoms with van der Waals surface area (Å²) in [7, 11) is 2.73. The van der Waals surface area contributed by atoms with E-state index in [2.05, 4.69) is 52.3 Å². The van der Waals surface area contributed by atoms with Gasteiger partial charge in [0.25, 0.3) is 0 Å². The highest BCUT2D eigenvalue weighted by Crippen LogP contribution is 2.44. The van der Waals surface area contributed by atoms with Gasteiger partial charge in [0, 0.05) is 12.1 Å². The number of allylic oxidation sites excluding steroid dienone is 1. The summed E-state index contributed by atoms with van der Waals surface area (Å²) < 4.78 is 0. The molecule has 2 amide bonds. The summed E-state index contributed by atoms with van der Waals surface area (Å²) >= 11 is 12.9. The van der Waals surface area contributed by atoms with Crippen LogP contribution in [-0.4, -0.2) is 6.03 Å². The summed E-state index contributed by atoms with van der Waals surface area (Å²) in [6, 6.07) is 15.5. The van der Waals surface area contributed by atoms with Gasteiger partial charge < -0.3 is 5.32 Å². The van der Waals surface area contributed by atoms with Crippen molar-refractivity contribution in [2.24, 2.45) is 0 Å². The van der Waals surface area contributed by atoms with Crippen LogP contribution >= 0.6 is 32.4 Å². The van der Waals surface area contributed by atoms with Gasteiger partial charge in [-0.2, -0.15) is 0 Å². The minimum Gasteiger partial charge on any atom is -0.333 e. The third-order valence-electron chi connectivity index (χ3n) is 5.23. The van der Waals surface area contributed by atoms with E-state index < -0.39 is 0 Å². The fourth-order valence-corrected chi connectivity index (χ4v) is 4.80. The van der Waals surface area contributed by atoms with Crippen molar-refractivity contribution < 1.29 is 4.79 Å². The standard InChI is InChI=1S/C24H21Cl2N2OP/c1-3-5-15-11-18(17-9-8-16(30)10-14(17)2)19-13-27-24(29)28(22(19)12-15)23-20(25)6-4-7-21(23)26/h3-4,6-12H,1,5,13,30H2,2H3,(H,27,29). The van der Waals surface area contributed by atoms with E-state index in [1.165, 1.54) is 5.56 Å². The van der Waals surface area contributed by atoms with E-state index in [0.29, 0.717) is 28.7 Å². The Hall–Kier alpha value is -2.32. The number of para-hydroxylation sites is 1. The Bertz CT molecular complexity index is 1160. The SMILES string of the molecule is C=CCc1cc(-c2ccc(P)cc2C)c2c(c1)N(c1c(Cl)cccc1Cl)C(=O)NC2. The Labute approximate surface area is 188 Å². The number of anilines is 2. The number of urea groups is 1. The van der Waals surface area contributed by atoms with Gasteiger partial charge in [-0.05, 0) is 59.1 Å². The lowest BCUT2D eigenvalue weighted by atomic mass is 9.90. The molecule has 1 N–H and O–H groups in total. The molecule has 152 valence electrons. The number of fused-ring (bicyclic) bond motifs is 1. The summed E-state index contributed by atoms with van der Waals surface area (Å²) in [6.45, 7) is 6.41. The number of rotatable bonds is 4. The molecule has 0 aliphatic carbocycles. The van der Waals surface area contributed by atoms with Gasteiger partial charge in [0.05, 0.1) is 21.4 Å². The van der Waals surface area contributed by atoms with Crippen molar-refractivity contribution in [2.45, 2.75) is 19.9 Å². The van der Waals surface area contributed by atoms with Crippen molar-refractivity contribution in [1.82, 2.24) is 5.32 Å². The highest BCUT2D eigenvalue weighted by Gasteiger charge is 2.31. The van der Waals surface area contributed by atoms with Gasteiger partial charge in [-0.1, -0.05) is 59.6 Å². The van der Waals surface area contributed by atoms with Crippen LogP contribution in [0.2, 0.25) is 10.0 Å². The molecule has 0 spiro atoms. The first-order valence-corrected chi connectivity index (χ1v) is 10.9. The second-order valence-electron chi connectivity index (χ2n) is 7.27. The van der Waals surface area contributed by atoms with Gasteiger partial charge in [-0.25, -0.2) is 4.79 Å². The predicted octanol–water partition coefficient (Wildman–Crippen LogP) is 6.56. The molecule has 4 rings (SSSR count). The molecular formula is C24H21Cl2N2OP. The molecule has 1 unspecified atom stereocenters. The number of hydrogen-bond acceptors (Lipinski definition) is 1. The van der Waals surface area contributed by atoms with Crippen LogP contribution < -0.4 is 15.5 Å². The fraction of sp³-hybridized carbons (Fsp3) is 0.125. The van der Waals surface area contributed by atoms with Gasteiger partial charge in [0.2, 0.25) is 0 Å². The fourth-order valence-electron chi connectivity index (χ4n) is 3.89. The zero-order valence-corrected chi connectivity index (χ0v) is 19.2. The van der Waals surface area contributed by atoms with E-state index in [-0.39, 0.29) is 6.03 Å². The van der Waals surface area contributed by atoms with Crippen LogP contribution in [0.15, 0.2) is 61.2 Å². The molecule has 0 bridgehead atoms. The van der Waals surface area contributed by atoms with Gasteiger partial charge >= 0.3 is 6.03 Å². The van der Waals surface area contributed by atoms with E-state index in [1.54, 1.807) is 23.1 Å². The molecule has 0 aromatic heterocycles. The number of amides is 2. The smallest absolute Gasteiger partial charge is 0.326 e. The average Bonchev–Trinajstić information content (AvgIpc) is 2.69. The maximum absolute atomic E-state index is 13.0. The lowest BCUT2D eigenvalue weighted by Gasteiger charge is -2.33. The molecule has 1 atom stereocenters. The zero-order chi connectivity index (χ0) is 21.4. The first kappa shape index (κ1) is 20.9. The minimum atomic E-state index is -0.253. The first-order chi connectivity index (χ1) is 14.4. The van der Waals surface area contributed by atoms with Crippen molar-refractivity contribution in [2.75, 3.05) is 4.90 Å². The quantitative estimate of drug-likeness (QED) is 0.351. The number of carbonyl (C=O) groups is 1. The van der Waals surface area contributed by atoms with Gasteiger partial charge in [-0.3, -0.25) is 4.90 Å². The van der Waals surface area contributed by atoms with E-state index in [0.717, 1.165) is 33.2 Å². The van der Waals surface area contributed by atoms with E-state index in [4.69, 9.17) is 23.2 Å². The molecule has 3 aromatic rings. The van der Waals surface area contributed by atoms with Crippen molar-refractivity contribution in [3.8, 4) is 11.1 Å². The molecular weight excluding hydrogens is 434 g/mol.